The second-order valence-corrected chi connectivity index (χ2v) is 6.15. The van der Waals surface area contributed by atoms with Crippen molar-refractivity contribution in [2.75, 3.05) is 19.5 Å². The van der Waals surface area contributed by atoms with Gasteiger partial charge in [-0.3, -0.25) is 21.0 Å². The van der Waals surface area contributed by atoms with Gasteiger partial charge in [-0.2, -0.15) is 0 Å². The fourth-order valence-corrected chi connectivity index (χ4v) is 2.43. The van der Waals surface area contributed by atoms with E-state index >= 15 is 0 Å². The van der Waals surface area contributed by atoms with Crippen LogP contribution in [0.5, 0.6) is 11.5 Å². The Balaban J connectivity index is 1.79. The van der Waals surface area contributed by atoms with E-state index in [9.17, 15) is 4.79 Å². The zero-order valence-corrected chi connectivity index (χ0v) is 16.9. The highest BCUT2D eigenvalue weighted by atomic mass is 32.1. The SMILES string of the molecule is COc1ccc(C=CC(=O)NC(=S)NNC(=S)Nc2ccccc2)cc1OC. The number of hydrogen-bond acceptors (Lipinski definition) is 5. The highest BCUT2D eigenvalue weighted by Gasteiger charge is 2.04. The molecule has 0 radical (unpaired) electrons. The summed E-state index contributed by atoms with van der Waals surface area (Å²) in [4.78, 5) is 12.0. The standard InChI is InChI=1S/C19H20N4O3S2/c1-25-15-10-8-13(12-16(15)26-2)9-11-17(24)21-19(28)23-22-18(27)20-14-6-4-3-5-7-14/h3-12H,1-2H3,(H2,20,22,27)(H2,21,23,24,28). The van der Waals surface area contributed by atoms with Gasteiger partial charge in [0, 0.05) is 11.8 Å². The molecule has 2 aromatic rings. The lowest BCUT2D eigenvalue weighted by atomic mass is 10.2. The molecule has 28 heavy (non-hydrogen) atoms. The Morgan fingerprint density at radius 1 is 0.929 bits per heavy atom. The molecule has 0 unspecified atom stereocenters. The van der Waals surface area contributed by atoms with Crippen molar-refractivity contribution in [3.63, 3.8) is 0 Å². The number of para-hydroxylation sites is 1. The molecule has 7 nitrogen and oxygen atoms in total. The van der Waals surface area contributed by atoms with Crippen LogP contribution in [0.15, 0.2) is 54.6 Å². The number of nitrogens with one attached hydrogen (secondary N) is 4. The lowest BCUT2D eigenvalue weighted by Gasteiger charge is -2.13. The summed E-state index contributed by atoms with van der Waals surface area (Å²) in [5, 5.41) is 5.87. The molecule has 0 saturated heterocycles. The highest BCUT2D eigenvalue weighted by Crippen LogP contribution is 2.27. The number of thiocarbonyl (C=S) groups is 2. The lowest BCUT2D eigenvalue weighted by molar-refractivity contribution is -0.115. The summed E-state index contributed by atoms with van der Waals surface area (Å²) in [5.74, 6) is 0.794. The molecule has 0 heterocycles. The molecule has 9 heteroatoms. The Kier molecular flexibility index (Phi) is 8.19. The first-order valence-electron chi connectivity index (χ1n) is 8.15. The van der Waals surface area contributed by atoms with Crippen molar-refractivity contribution < 1.29 is 14.3 Å². The highest BCUT2D eigenvalue weighted by molar-refractivity contribution is 7.80. The van der Waals surface area contributed by atoms with Crippen LogP contribution < -0.4 is 31.0 Å². The predicted molar refractivity (Wildman–Crippen MR) is 118 cm³/mol. The Morgan fingerprint density at radius 3 is 2.29 bits per heavy atom. The smallest absolute Gasteiger partial charge is 0.250 e. The number of carbonyl (C=O) groups excluding carboxylic acids is 1. The number of hydrazine groups is 1. The molecule has 4 N–H and O–H groups in total. The van der Waals surface area contributed by atoms with Gasteiger partial charge in [0.25, 0.3) is 0 Å². The molecule has 146 valence electrons. The van der Waals surface area contributed by atoms with E-state index < -0.39 is 5.91 Å². The molecule has 2 aromatic carbocycles. The number of benzene rings is 2. The number of carbonyl (C=O) groups is 1. The van der Waals surface area contributed by atoms with Crippen LogP contribution in [0, 0.1) is 0 Å². The van der Waals surface area contributed by atoms with Crippen molar-refractivity contribution in [2.24, 2.45) is 0 Å². The summed E-state index contributed by atoms with van der Waals surface area (Å²) in [6, 6.07) is 14.7. The average Bonchev–Trinajstić information content (AvgIpc) is 2.71. The molecule has 0 aromatic heterocycles. The molecule has 0 aliphatic carbocycles. The summed E-state index contributed by atoms with van der Waals surface area (Å²) in [5.41, 5.74) is 6.94. The summed E-state index contributed by atoms with van der Waals surface area (Å²) in [7, 11) is 3.11. The van der Waals surface area contributed by atoms with E-state index in [-0.39, 0.29) is 5.11 Å². The molecule has 0 fully saturated rings. The van der Waals surface area contributed by atoms with Gasteiger partial charge in [0.2, 0.25) is 5.91 Å². The zero-order valence-electron chi connectivity index (χ0n) is 15.3. The molecule has 0 bridgehead atoms. The molecule has 2 rings (SSSR count). The summed E-state index contributed by atoms with van der Waals surface area (Å²) < 4.78 is 10.4. The Labute approximate surface area is 174 Å². The second-order valence-electron chi connectivity index (χ2n) is 5.34. The van der Waals surface area contributed by atoms with E-state index in [0.29, 0.717) is 16.6 Å². The fraction of sp³-hybridized carbons (Fsp3) is 0.105. The lowest BCUT2D eigenvalue weighted by Crippen LogP contribution is -2.49. The van der Waals surface area contributed by atoms with Gasteiger partial charge in [-0.1, -0.05) is 24.3 Å². The van der Waals surface area contributed by atoms with Crippen molar-refractivity contribution in [1.29, 1.82) is 0 Å². The van der Waals surface area contributed by atoms with Crippen LogP contribution in [0.2, 0.25) is 0 Å². The van der Waals surface area contributed by atoms with Crippen LogP contribution in [-0.2, 0) is 4.79 Å². The zero-order chi connectivity index (χ0) is 20.4. The van der Waals surface area contributed by atoms with E-state index in [1.165, 1.54) is 6.08 Å². The number of anilines is 1. The topological polar surface area (TPSA) is 83.7 Å². The van der Waals surface area contributed by atoms with Gasteiger partial charge in [-0.25, -0.2) is 0 Å². The molecular weight excluding hydrogens is 396 g/mol. The second kappa shape index (κ2) is 10.9. The average molecular weight is 417 g/mol. The molecule has 0 atom stereocenters. The van der Waals surface area contributed by atoms with Crippen molar-refractivity contribution in [1.82, 2.24) is 16.2 Å². The van der Waals surface area contributed by atoms with Crippen molar-refractivity contribution in [2.45, 2.75) is 0 Å². The van der Waals surface area contributed by atoms with Gasteiger partial charge in [-0.05, 0) is 60.3 Å². The third-order valence-corrected chi connectivity index (χ3v) is 3.80. The number of ether oxygens (including phenoxy) is 2. The van der Waals surface area contributed by atoms with Gasteiger partial charge in [-0.15, -0.1) is 0 Å². The van der Waals surface area contributed by atoms with Crippen LogP contribution in [0.3, 0.4) is 0 Å². The van der Waals surface area contributed by atoms with E-state index in [1.807, 2.05) is 30.3 Å². The van der Waals surface area contributed by atoms with Crippen molar-refractivity contribution in [3.05, 3.63) is 60.2 Å². The normalized spacial score (nSPS) is 10.1. The minimum atomic E-state index is -0.393. The monoisotopic (exact) mass is 416 g/mol. The van der Waals surface area contributed by atoms with Crippen LogP contribution in [0.1, 0.15) is 5.56 Å². The molecule has 0 aliphatic heterocycles. The first-order chi connectivity index (χ1) is 13.5. The number of hydrogen-bond donors (Lipinski definition) is 4. The maximum absolute atomic E-state index is 12.0. The molecule has 1 amide bonds. The summed E-state index contributed by atoms with van der Waals surface area (Å²) in [6.45, 7) is 0. The maximum Gasteiger partial charge on any atom is 0.250 e. The Morgan fingerprint density at radius 2 is 1.61 bits per heavy atom. The molecule has 0 saturated carbocycles. The minimum absolute atomic E-state index is 0.0826. The van der Waals surface area contributed by atoms with E-state index in [4.69, 9.17) is 33.9 Å². The van der Waals surface area contributed by atoms with Crippen LogP contribution >= 0.6 is 24.4 Å². The number of methoxy groups -OCH3 is 2. The number of amides is 1. The van der Waals surface area contributed by atoms with E-state index in [1.54, 1.807) is 38.5 Å². The first kappa shape index (κ1) is 21.1. The summed E-state index contributed by atoms with van der Waals surface area (Å²) >= 11 is 10.2. The van der Waals surface area contributed by atoms with Crippen molar-refractivity contribution >= 4 is 52.3 Å². The molecule has 0 aliphatic rings. The fourth-order valence-electron chi connectivity index (χ4n) is 2.11. The largest absolute Gasteiger partial charge is 0.493 e. The Bertz CT molecular complexity index is 873. The first-order valence-corrected chi connectivity index (χ1v) is 8.96. The van der Waals surface area contributed by atoms with Crippen molar-refractivity contribution in [3.8, 4) is 11.5 Å². The predicted octanol–water partition coefficient (Wildman–Crippen LogP) is 2.61. The molecule has 0 spiro atoms. The van der Waals surface area contributed by atoms with Crippen LogP contribution in [0.25, 0.3) is 6.08 Å². The Hall–Kier alpha value is -3.17. The van der Waals surface area contributed by atoms with Gasteiger partial charge in [0.05, 0.1) is 14.2 Å². The van der Waals surface area contributed by atoms with Gasteiger partial charge < -0.3 is 14.8 Å². The summed E-state index contributed by atoms with van der Waals surface area (Å²) in [6.07, 6.45) is 2.99. The van der Waals surface area contributed by atoms with Gasteiger partial charge in [0.1, 0.15) is 0 Å². The van der Waals surface area contributed by atoms with Crippen LogP contribution in [0.4, 0.5) is 5.69 Å². The van der Waals surface area contributed by atoms with Gasteiger partial charge in [0.15, 0.2) is 21.7 Å². The maximum atomic E-state index is 12.0. The third-order valence-electron chi connectivity index (χ3n) is 3.39. The van der Waals surface area contributed by atoms with E-state index in [0.717, 1.165) is 11.3 Å². The van der Waals surface area contributed by atoms with Crippen LogP contribution in [-0.4, -0.2) is 30.4 Å². The quantitative estimate of drug-likeness (QED) is 0.336. The minimum Gasteiger partial charge on any atom is -0.493 e. The van der Waals surface area contributed by atoms with E-state index in [2.05, 4.69) is 21.5 Å². The number of rotatable bonds is 5. The van der Waals surface area contributed by atoms with Gasteiger partial charge >= 0.3 is 0 Å². The third kappa shape index (κ3) is 6.86. The molecular formula is C19H20N4O3S2.